The molecule has 0 aliphatic carbocycles. The average Bonchev–Trinajstić information content (AvgIpc) is 2.51. The lowest BCUT2D eigenvalue weighted by atomic mass is 10.1. The number of aromatic nitrogens is 2. The number of nitrogens with zero attached hydrogens (tertiary/aromatic N) is 3. The summed E-state index contributed by atoms with van der Waals surface area (Å²) >= 11 is 5.39. The molecule has 21 heavy (non-hydrogen) atoms. The molecule has 0 radical (unpaired) electrons. The van der Waals surface area contributed by atoms with E-state index in [4.69, 9.17) is 22.1 Å². The predicted molar refractivity (Wildman–Crippen MR) is 85.6 cm³/mol. The quantitative estimate of drug-likeness (QED) is 0.816. The van der Waals surface area contributed by atoms with Crippen molar-refractivity contribution in [2.75, 3.05) is 26.3 Å². The van der Waals surface area contributed by atoms with Crippen molar-refractivity contribution in [2.45, 2.75) is 13.6 Å². The third kappa shape index (κ3) is 3.56. The van der Waals surface area contributed by atoms with E-state index in [1.165, 1.54) is 5.56 Å². The minimum Gasteiger partial charge on any atom is -0.379 e. The number of hydrogen-bond acceptors (Lipinski definition) is 4. The van der Waals surface area contributed by atoms with E-state index in [-0.39, 0.29) is 0 Å². The normalized spacial score (nSPS) is 16.0. The highest BCUT2D eigenvalue weighted by Gasteiger charge is 2.11. The Hall–Kier alpha value is -1.56. The molecule has 1 saturated heterocycles. The number of hydrogen-bond donors (Lipinski definition) is 0. The second-order valence-electron chi connectivity index (χ2n) is 5.29. The Morgan fingerprint density at radius 1 is 1.10 bits per heavy atom. The molecule has 2 heterocycles. The van der Waals surface area contributed by atoms with Crippen molar-refractivity contribution in [3.05, 3.63) is 46.6 Å². The fourth-order valence-corrected chi connectivity index (χ4v) is 2.53. The third-order valence-corrected chi connectivity index (χ3v) is 4.00. The summed E-state index contributed by atoms with van der Waals surface area (Å²) in [7, 11) is 0. The summed E-state index contributed by atoms with van der Waals surface area (Å²) in [6, 6.07) is 12.3. The highest BCUT2D eigenvalue weighted by Crippen LogP contribution is 2.17. The van der Waals surface area contributed by atoms with Crippen LogP contribution in [0, 0.1) is 11.6 Å². The van der Waals surface area contributed by atoms with Crippen LogP contribution in [0.4, 0.5) is 0 Å². The molecule has 4 nitrogen and oxygen atoms in total. The van der Waals surface area contributed by atoms with E-state index >= 15 is 0 Å². The fourth-order valence-electron chi connectivity index (χ4n) is 2.36. The van der Waals surface area contributed by atoms with E-state index in [9.17, 15) is 0 Å². The van der Waals surface area contributed by atoms with Crippen LogP contribution in [-0.4, -0.2) is 41.0 Å². The third-order valence-electron chi connectivity index (χ3n) is 3.65. The first-order valence-corrected chi connectivity index (χ1v) is 7.58. The summed E-state index contributed by atoms with van der Waals surface area (Å²) in [4.78, 5) is 2.31. The highest BCUT2D eigenvalue weighted by atomic mass is 32.1. The molecule has 1 fully saturated rings. The van der Waals surface area contributed by atoms with Gasteiger partial charge in [-0.05, 0) is 19.1 Å². The Labute approximate surface area is 130 Å². The van der Waals surface area contributed by atoms with Gasteiger partial charge in [0.2, 0.25) is 0 Å². The van der Waals surface area contributed by atoms with E-state index in [2.05, 4.69) is 36.1 Å². The monoisotopic (exact) mass is 301 g/mol. The minimum absolute atomic E-state index is 0.724. The maximum atomic E-state index is 5.39. The maximum absolute atomic E-state index is 5.39. The van der Waals surface area contributed by atoms with Crippen molar-refractivity contribution in [1.82, 2.24) is 14.7 Å². The molecule has 1 aromatic carbocycles. The number of ether oxygens (including phenoxy) is 1. The van der Waals surface area contributed by atoms with E-state index in [0.717, 1.165) is 48.9 Å². The van der Waals surface area contributed by atoms with Crippen LogP contribution >= 0.6 is 12.2 Å². The summed E-state index contributed by atoms with van der Waals surface area (Å²) in [5.74, 6) is 0. The zero-order valence-corrected chi connectivity index (χ0v) is 13.0. The molecule has 3 rings (SSSR count). The summed E-state index contributed by atoms with van der Waals surface area (Å²) in [6.45, 7) is 6.23. The van der Waals surface area contributed by atoms with Gasteiger partial charge in [-0.25, -0.2) is 4.68 Å². The van der Waals surface area contributed by atoms with Gasteiger partial charge in [0.15, 0.2) is 0 Å². The molecule has 5 heteroatoms. The smallest absolute Gasteiger partial charge is 0.124 e. The van der Waals surface area contributed by atoms with Crippen molar-refractivity contribution in [1.29, 1.82) is 0 Å². The first kappa shape index (κ1) is 14.4. The summed E-state index contributed by atoms with van der Waals surface area (Å²) in [6.07, 6.45) is 0. The number of morpholine rings is 1. The number of benzene rings is 1. The summed E-state index contributed by atoms with van der Waals surface area (Å²) in [5, 5.41) is 4.70. The second-order valence-corrected chi connectivity index (χ2v) is 5.71. The van der Waals surface area contributed by atoms with E-state index < -0.39 is 0 Å². The van der Waals surface area contributed by atoms with E-state index in [0.29, 0.717) is 0 Å². The van der Waals surface area contributed by atoms with Gasteiger partial charge in [0.05, 0.1) is 25.6 Å². The summed E-state index contributed by atoms with van der Waals surface area (Å²) in [5.41, 5.74) is 3.32. The average molecular weight is 301 g/mol. The first-order valence-electron chi connectivity index (χ1n) is 7.18. The fraction of sp³-hybridized carbons (Fsp3) is 0.375. The van der Waals surface area contributed by atoms with Crippen LogP contribution in [0.25, 0.3) is 11.3 Å². The van der Waals surface area contributed by atoms with Gasteiger partial charge in [-0.1, -0.05) is 42.0 Å². The largest absolute Gasteiger partial charge is 0.379 e. The van der Waals surface area contributed by atoms with Gasteiger partial charge < -0.3 is 4.74 Å². The molecule has 0 amide bonds. The minimum atomic E-state index is 0.724. The van der Waals surface area contributed by atoms with Crippen LogP contribution in [0.1, 0.15) is 5.56 Å². The predicted octanol–water partition coefficient (Wildman–Crippen LogP) is 2.88. The molecule has 0 spiro atoms. The van der Waals surface area contributed by atoms with Gasteiger partial charge in [0, 0.05) is 18.7 Å². The molecular formula is C16H19N3OS. The number of rotatable bonds is 3. The van der Waals surface area contributed by atoms with Gasteiger partial charge >= 0.3 is 0 Å². The van der Waals surface area contributed by atoms with Crippen LogP contribution < -0.4 is 0 Å². The summed E-state index contributed by atoms with van der Waals surface area (Å²) < 4.78 is 8.03. The molecule has 0 bridgehead atoms. The molecule has 1 aliphatic rings. The SMILES string of the molecule is Cc1ccc(-c2ccc(=S)n(CN3CCOCC3)n2)cc1. The van der Waals surface area contributed by atoms with Gasteiger partial charge in [-0.2, -0.15) is 5.10 Å². The van der Waals surface area contributed by atoms with Gasteiger partial charge in [-0.3, -0.25) is 4.90 Å². The van der Waals surface area contributed by atoms with Gasteiger partial charge in [0.1, 0.15) is 4.64 Å². The van der Waals surface area contributed by atoms with Crippen LogP contribution in [0.15, 0.2) is 36.4 Å². The molecular weight excluding hydrogens is 282 g/mol. The highest BCUT2D eigenvalue weighted by molar-refractivity contribution is 7.71. The standard InChI is InChI=1S/C16H19N3OS/c1-13-2-4-14(5-3-13)15-6-7-16(21)19(17-15)12-18-8-10-20-11-9-18/h2-7H,8-12H2,1H3. The molecule has 0 saturated carbocycles. The van der Waals surface area contributed by atoms with Crippen molar-refractivity contribution in [2.24, 2.45) is 0 Å². The lowest BCUT2D eigenvalue weighted by Crippen LogP contribution is -2.38. The van der Waals surface area contributed by atoms with Crippen molar-refractivity contribution in [3.63, 3.8) is 0 Å². The second kappa shape index (κ2) is 6.47. The molecule has 0 N–H and O–H groups in total. The number of aryl methyl sites for hydroxylation is 1. The van der Waals surface area contributed by atoms with Crippen molar-refractivity contribution >= 4 is 12.2 Å². The van der Waals surface area contributed by atoms with Crippen molar-refractivity contribution < 1.29 is 4.74 Å². The van der Waals surface area contributed by atoms with Crippen LogP contribution in [0.3, 0.4) is 0 Å². The zero-order valence-electron chi connectivity index (χ0n) is 12.2. The lowest BCUT2D eigenvalue weighted by Gasteiger charge is -2.26. The Balaban J connectivity index is 1.85. The lowest BCUT2D eigenvalue weighted by molar-refractivity contribution is 0.0208. The molecule has 0 unspecified atom stereocenters. The maximum Gasteiger partial charge on any atom is 0.124 e. The Kier molecular flexibility index (Phi) is 4.43. The zero-order chi connectivity index (χ0) is 14.7. The molecule has 1 aromatic heterocycles. The van der Waals surface area contributed by atoms with E-state index in [1.807, 2.05) is 16.8 Å². The molecule has 2 aromatic rings. The Morgan fingerprint density at radius 3 is 2.52 bits per heavy atom. The molecule has 0 atom stereocenters. The Bertz CT molecular complexity index is 660. The topological polar surface area (TPSA) is 30.3 Å². The first-order chi connectivity index (χ1) is 10.2. The van der Waals surface area contributed by atoms with Crippen LogP contribution in [0.2, 0.25) is 0 Å². The molecule has 1 aliphatic heterocycles. The van der Waals surface area contributed by atoms with Crippen LogP contribution in [-0.2, 0) is 11.4 Å². The van der Waals surface area contributed by atoms with Gasteiger partial charge in [-0.15, -0.1) is 0 Å². The molecule has 110 valence electrons. The van der Waals surface area contributed by atoms with Gasteiger partial charge in [0.25, 0.3) is 0 Å². The Morgan fingerprint density at radius 2 is 1.81 bits per heavy atom. The van der Waals surface area contributed by atoms with Crippen molar-refractivity contribution in [3.8, 4) is 11.3 Å². The van der Waals surface area contributed by atoms with E-state index in [1.54, 1.807) is 0 Å². The van der Waals surface area contributed by atoms with Crippen LogP contribution in [0.5, 0.6) is 0 Å².